The van der Waals surface area contributed by atoms with Gasteiger partial charge in [-0.3, -0.25) is 14.3 Å². The van der Waals surface area contributed by atoms with E-state index in [-0.39, 0.29) is 18.9 Å². The van der Waals surface area contributed by atoms with Crippen molar-refractivity contribution in [2.24, 2.45) is 5.92 Å². The Morgan fingerprint density at radius 1 is 1.55 bits per heavy atom. The van der Waals surface area contributed by atoms with Crippen molar-refractivity contribution in [3.63, 3.8) is 0 Å². The van der Waals surface area contributed by atoms with Crippen molar-refractivity contribution in [1.82, 2.24) is 14.7 Å². The Morgan fingerprint density at radius 3 is 2.85 bits per heavy atom. The molecule has 1 saturated heterocycles. The Hall–Kier alpha value is -1.56. The average Bonchev–Trinajstić information content (AvgIpc) is 2.68. The molecule has 2 rings (SSSR count). The maximum atomic E-state index is 11.9. The van der Waals surface area contributed by atoms with Gasteiger partial charge in [0.15, 0.2) is 0 Å². The second kappa shape index (κ2) is 5.83. The van der Waals surface area contributed by atoms with Gasteiger partial charge >= 0.3 is 5.97 Å². The summed E-state index contributed by atoms with van der Waals surface area (Å²) >= 11 is 6.22. The maximum Gasteiger partial charge on any atom is 0.308 e. The summed E-state index contributed by atoms with van der Waals surface area (Å²) in [6.45, 7) is 4.97. The predicted molar refractivity (Wildman–Crippen MR) is 73.4 cm³/mol. The molecule has 1 N–H and O–H groups in total. The maximum absolute atomic E-state index is 11.9. The predicted octanol–water partition coefficient (Wildman–Crippen LogP) is 1.69. The number of halogens is 1. The number of piperidine rings is 1. The minimum absolute atomic E-state index is 0.0277. The van der Waals surface area contributed by atoms with Gasteiger partial charge in [0.1, 0.15) is 0 Å². The zero-order valence-electron chi connectivity index (χ0n) is 11.6. The number of hydrogen-bond donors (Lipinski definition) is 1. The van der Waals surface area contributed by atoms with Crippen LogP contribution in [0.15, 0.2) is 0 Å². The number of carboxylic acid groups (broad SMARTS) is 1. The van der Waals surface area contributed by atoms with Gasteiger partial charge in [0.2, 0.25) is 5.91 Å². The number of nitrogens with zero attached hydrogens (tertiary/aromatic N) is 3. The molecular formula is C13H18ClN3O3. The van der Waals surface area contributed by atoms with E-state index in [9.17, 15) is 9.59 Å². The number of rotatable bonds is 4. The molecule has 20 heavy (non-hydrogen) atoms. The molecule has 6 nitrogen and oxygen atoms in total. The van der Waals surface area contributed by atoms with Gasteiger partial charge in [-0.25, -0.2) is 0 Å². The van der Waals surface area contributed by atoms with Crippen LogP contribution < -0.4 is 0 Å². The van der Waals surface area contributed by atoms with E-state index in [1.54, 1.807) is 9.58 Å². The van der Waals surface area contributed by atoms with Crippen molar-refractivity contribution in [3.8, 4) is 0 Å². The highest BCUT2D eigenvalue weighted by Crippen LogP contribution is 2.25. The van der Waals surface area contributed by atoms with E-state index >= 15 is 0 Å². The van der Waals surface area contributed by atoms with Crippen LogP contribution in [0.25, 0.3) is 0 Å². The quantitative estimate of drug-likeness (QED) is 0.918. The van der Waals surface area contributed by atoms with E-state index in [0.717, 1.165) is 11.4 Å². The number of likely N-dealkylation sites (tertiary alicyclic amines) is 1. The molecule has 0 saturated carbocycles. The number of carbonyl (C=O) groups is 2. The third-order valence-corrected chi connectivity index (χ3v) is 4.13. The van der Waals surface area contributed by atoms with Crippen LogP contribution in [-0.2, 0) is 22.7 Å². The van der Waals surface area contributed by atoms with Crippen LogP contribution >= 0.6 is 11.6 Å². The van der Waals surface area contributed by atoms with Crippen LogP contribution in [0, 0.1) is 12.8 Å². The van der Waals surface area contributed by atoms with Gasteiger partial charge in [-0.15, -0.1) is 0 Å². The SMILES string of the molecule is CCn1nc(C)c(Cl)c1CN1CC(C(=O)O)CCC1=O. The van der Waals surface area contributed by atoms with Gasteiger partial charge in [-0.1, -0.05) is 11.6 Å². The number of amides is 1. The third-order valence-electron chi connectivity index (χ3n) is 3.64. The Bertz CT molecular complexity index is 541. The van der Waals surface area contributed by atoms with Crippen LogP contribution in [0.1, 0.15) is 31.2 Å². The van der Waals surface area contributed by atoms with Crippen LogP contribution in [-0.4, -0.2) is 38.2 Å². The van der Waals surface area contributed by atoms with Crippen molar-refractivity contribution >= 4 is 23.5 Å². The number of carbonyl (C=O) groups excluding carboxylic acids is 1. The summed E-state index contributed by atoms with van der Waals surface area (Å²) in [5.41, 5.74) is 1.49. The van der Waals surface area contributed by atoms with Gasteiger partial charge in [-0.05, 0) is 20.3 Å². The lowest BCUT2D eigenvalue weighted by atomic mass is 9.97. The molecule has 0 bridgehead atoms. The third kappa shape index (κ3) is 2.80. The minimum Gasteiger partial charge on any atom is -0.481 e. The van der Waals surface area contributed by atoms with Gasteiger partial charge < -0.3 is 10.0 Å². The molecule has 0 radical (unpaired) electrons. The molecule has 0 aliphatic carbocycles. The van der Waals surface area contributed by atoms with Crippen molar-refractivity contribution in [2.75, 3.05) is 6.54 Å². The fourth-order valence-electron chi connectivity index (χ4n) is 2.47. The molecule has 1 fully saturated rings. The van der Waals surface area contributed by atoms with E-state index in [1.807, 2.05) is 13.8 Å². The Kier molecular flexibility index (Phi) is 4.32. The van der Waals surface area contributed by atoms with Gasteiger partial charge in [0.05, 0.1) is 28.9 Å². The second-order valence-electron chi connectivity index (χ2n) is 5.01. The lowest BCUT2D eigenvalue weighted by molar-refractivity contribution is -0.147. The van der Waals surface area contributed by atoms with Crippen molar-refractivity contribution in [2.45, 2.75) is 39.8 Å². The largest absolute Gasteiger partial charge is 0.481 e. The Balaban J connectivity index is 2.19. The standard InChI is InChI=1S/C13H18ClN3O3/c1-3-17-10(12(14)8(2)15-17)7-16-6-9(13(19)20)4-5-11(16)18/h9H,3-7H2,1-2H3,(H,19,20). The molecule has 1 amide bonds. The van der Waals surface area contributed by atoms with E-state index in [1.165, 1.54) is 0 Å². The normalized spacial score (nSPS) is 19.4. The summed E-state index contributed by atoms with van der Waals surface area (Å²) in [5, 5.41) is 13.9. The van der Waals surface area contributed by atoms with Crippen molar-refractivity contribution < 1.29 is 14.7 Å². The van der Waals surface area contributed by atoms with E-state index < -0.39 is 11.9 Å². The number of carboxylic acids is 1. The monoisotopic (exact) mass is 299 g/mol. The molecule has 0 spiro atoms. The number of hydrogen-bond acceptors (Lipinski definition) is 3. The molecule has 1 aliphatic rings. The molecule has 1 atom stereocenters. The Labute approximate surface area is 122 Å². The summed E-state index contributed by atoms with van der Waals surface area (Å²) in [4.78, 5) is 24.6. The number of aryl methyl sites for hydroxylation is 2. The molecule has 1 unspecified atom stereocenters. The molecule has 2 heterocycles. The fraction of sp³-hybridized carbons (Fsp3) is 0.615. The highest BCUT2D eigenvalue weighted by Gasteiger charge is 2.31. The molecule has 7 heteroatoms. The zero-order chi connectivity index (χ0) is 14.9. The van der Waals surface area contributed by atoms with Crippen LogP contribution in [0.2, 0.25) is 5.02 Å². The summed E-state index contributed by atoms with van der Waals surface area (Å²) < 4.78 is 1.76. The average molecular weight is 300 g/mol. The van der Waals surface area contributed by atoms with Crippen molar-refractivity contribution in [1.29, 1.82) is 0 Å². The number of aromatic nitrogens is 2. The molecular weight excluding hydrogens is 282 g/mol. The van der Waals surface area contributed by atoms with E-state index in [4.69, 9.17) is 16.7 Å². The van der Waals surface area contributed by atoms with Crippen LogP contribution in [0.4, 0.5) is 0 Å². The first-order valence-corrected chi connectivity index (χ1v) is 7.04. The number of aliphatic carboxylic acids is 1. The molecule has 1 aromatic rings. The molecule has 0 aromatic carbocycles. The first-order chi connectivity index (χ1) is 9.43. The fourth-order valence-corrected chi connectivity index (χ4v) is 2.67. The van der Waals surface area contributed by atoms with E-state index in [0.29, 0.717) is 24.5 Å². The summed E-state index contributed by atoms with van der Waals surface area (Å²) in [5.74, 6) is -1.38. The van der Waals surface area contributed by atoms with Gasteiger partial charge in [0.25, 0.3) is 0 Å². The highest BCUT2D eigenvalue weighted by atomic mass is 35.5. The van der Waals surface area contributed by atoms with Crippen LogP contribution in [0.3, 0.4) is 0 Å². The molecule has 1 aromatic heterocycles. The second-order valence-corrected chi connectivity index (χ2v) is 5.39. The smallest absolute Gasteiger partial charge is 0.308 e. The molecule has 1 aliphatic heterocycles. The summed E-state index contributed by atoms with van der Waals surface area (Å²) in [6.07, 6.45) is 0.679. The Morgan fingerprint density at radius 2 is 2.25 bits per heavy atom. The first kappa shape index (κ1) is 14.8. The summed E-state index contributed by atoms with van der Waals surface area (Å²) in [6, 6.07) is 0. The first-order valence-electron chi connectivity index (χ1n) is 6.66. The van der Waals surface area contributed by atoms with Crippen molar-refractivity contribution in [3.05, 3.63) is 16.4 Å². The zero-order valence-corrected chi connectivity index (χ0v) is 12.4. The molecule has 110 valence electrons. The minimum atomic E-state index is -0.853. The van der Waals surface area contributed by atoms with Crippen LogP contribution in [0.5, 0.6) is 0 Å². The van der Waals surface area contributed by atoms with Gasteiger partial charge in [-0.2, -0.15) is 5.10 Å². The lowest BCUT2D eigenvalue weighted by Crippen LogP contribution is -2.42. The highest BCUT2D eigenvalue weighted by molar-refractivity contribution is 6.31. The lowest BCUT2D eigenvalue weighted by Gasteiger charge is -2.30. The van der Waals surface area contributed by atoms with Gasteiger partial charge in [0, 0.05) is 19.5 Å². The summed E-state index contributed by atoms with van der Waals surface area (Å²) in [7, 11) is 0. The van der Waals surface area contributed by atoms with E-state index in [2.05, 4.69) is 5.10 Å². The topological polar surface area (TPSA) is 75.4 Å².